The van der Waals surface area contributed by atoms with E-state index in [4.69, 9.17) is 10.5 Å². The molecule has 1 aromatic rings. The van der Waals surface area contributed by atoms with Gasteiger partial charge in [-0.25, -0.2) is 8.78 Å². The van der Waals surface area contributed by atoms with E-state index in [0.717, 1.165) is 0 Å². The number of phenolic OH excluding ortho intramolecular Hbond substituents is 1. The highest BCUT2D eigenvalue weighted by atomic mass is 19.3. The van der Waals surface area contributed by atoms with Crippen molar-refractivity contribution in [3.8, 4) is 11.5 Å². The number of hydrogen-bond donors (Lipinski definition) is 2. The Morgan fingerprint density at radius 3 is 2.53 bits per heavy atom. The topological polar surface area (TPSA) is 55.5 Å². The fourth-order valence-electron chi connectivity index (χ4n) is 2.50. The first kappa shape index (κ1) is 12.1. The Bertz CT molecular complexity index is 427. The number of methoxy groups -OCH3 is 1. The highest BCUT2D eigenvalue weighted by Crippen LogP contribution is 2.55. The van der Waals surface area contributed by atoms with Crippen molar-refractivity contribution in [3.05, 3.63) is 23.8 Å². The van der Waals surface area contributed by atoms with E-state index in [2.05, 4.69) is 0 Å². The van der Waals surface area contributed by atoms with Gasteiger partial charge in [-0.3, -0.25) is 0 Å². The average molecular weight is 243 g/mol. The molecule has 1 aliphatic carbocycles. The summed E-state index contributed by atoms with van der Waals surface area (Å²) in [5.74, 6) is -2.49. The lowest BCUT2D eigenvalue weighted by Crippen LogP contribution is -2.53. The molecule has 0 amide bonds. The van der Waals surface area contributed by atoms with Gasteiger partial charge in [0.25, 0.3) is 0 Å². The van der Waals surface area contributed by atoms with E-state index in [-0.39, 0.29) is 30.9 Å². The van der Waals surface area contributed by atoms with Gasteiger partial charge in [0, 0.05) is 30.4 Å². The van der Waals surface area contributed by atoms with E-state index in [1.165, 1.54) is 7.11 Å². The molecule has 2 rings (SSSR count). The smallest absolute Gasteiger partial charge is 0.250 e. The van der Waals surface area contributed by atoms with Crippen LogP contribution in [-0.4, -0.2) is 24.7 Å². The number of rotatable bonds is 3. The van der Waals surface area contributed by atoms with Gasteiger partial charge >= 0.3 is 0 Å². The molecule has 0 bridgehead atoms. The number of alkyl halides is 2. The summed E-state index contributed by atoms with van der Waals surface area (Å²) in [6.07, 6.45) is -0.644. The van der Waals surface area contributed by atoms with Gasteiger partial charge in [-0.1, -0.05) is 12.1 Å². The third-order valence-electron chi connectivity index (χ3n) is 3.38. The number of benzene rings is 1. The summed E-state index contributed by atoms with van der Waals surface area (Å²) in [5.41, 5.74) is 5.22. The summed E-state index contributed by atoms with van der Waals surface area (Å²) < 4.78 is 31.1. The Morgan fingerprint density at radius 1 is 1.41 bits per heavy atom. The van der Waals surface area contributed by atoms with Gasteiger partial charge < -0.3 is 15.6 Å². The molecule has 1 fully saturated rings. The van der Waals surface area contributed by atoms with Crippen LogP contribution >= 0.6 is 0 Å². The lowest BCUT2D eigenvalue weighted by molar-refractivity contribution is -0.124. The molecule has 94 valence electrons. The van der Waals surface area contributed by atoms with Crippen LogP contribution < -0.4 is 10.5 Å². The van der Waals surface area contributed by atoms with E-state index in [1.807, 2.05) is 0 Å². The van der Waals surface area contributed by atoms with Gasteiger partial charge in [-0.05, 0) is 6.07 Å². The second-order valence-electron chi connectivity index (χ2n) is 4.55. The van der Waals surface area contributed by atoms with Crippen LogP contribution in [0.3, 0.4) is 0 Å². The van der Waals surface area contributed by atoms with Crippen molar-refractivity contribution < 1.29 is 18.6 Å². The third-order valence-corrected chi connectivity index (χ3v) is 3.38. The first-order valence-corrected chi connectivity index (χ1v) is 5.38. The summed E-state index contributed by atoms with van der Waals surface area (Å²) in [6, 6.07) is 4.88. The zero-order valence-corrected chi connectivity index (χ0v) is 9.54. The highest BCUT2D eigenvalue weighted by Gasteiger charge is 2.57. The van der Waals surface area contributed by atoms with Crippen LogP contribution in [0.1, 0.15) is 18.4 Å². The minimum atomic E-state index is -2.69. The van der Waals surface area contributed by atoms with Crippen LogP contribution in [0, 0.1) is 0 Å². The molecular formula is C12H15F2NO2. The van der Waals surface area contributed by atoms with Crippen molar-refractivity contribution in [3.63, 3.8) is 0 Å². The van der Waals surface area contributed by atoms with Crippen LogP contribution in [0.15, 0.2) is 18.2 Å². The lowest BCUT2D eigenvalue weighted by Gasteiger charge is -2.47. The average Bonchev–Trinajstić information content (AvgIpc) is 2.25. The van der Waals surface area contributed by atoms with Crippen LogP contribution in [0.4, 0.5) is 8.78 Å². The number of phenols is 1. The molecule has 0 radical (unpaired) electrons. The van der Waals surface area contributed by atoms with Crippen molar-refractivity contribution in [1.29, 1.82) is 0 Å². The number of hydrogen-bond acceptors (Lipinski definition) is 3. The normalized spacial score (nSPS) is 20.7. The Morgan fingerprint density at radius 2 is 2.06 bits per heavy atom. The van der Waals surface area contributed by atoms with E-state index in [1.54, 1.807) is 18.2 Å². The summed E-state index contributed by atoms with van der Waals surface area (Å²) in [4.78, 5) is 0. The Kier molecular flexibility index (Phi) is 2.73. The molecule has 5 heteroatoms. The highest BCUT2D eigenvalue weighted by molar-refractivity contribution is 5.50. The van der Waals surface area contributed by atoms with Crippen molar-refractivity contribution in [2.75, 3.05) is 13.7 Å². The Labute approximate surface area is 98.2 Å². The molecule has 0 heterocycles. The molecule has 0 aliphatic heterocycles. The minimum absolute atomic E-state index is 0.0866. The van der Waals surface area contributed by atoms with Gasteiger partial charge in [0.05, 0.1) is 7.11 Å². The quantitative estimate of drug-likeness (QED) is 0.854. The van der Waals surface area contributed by atoms with Gasteiger partial charge in [0.2, 0.25) is 5.92 Å². The fourth-order valence-corrected chi connectivity index (χ4v) is 2.50. The molecule has 3 nitrogen and oxygen atoms in total. The summed E-state index contributed by atoms with van der Waals surface area (Å²) in [7, 11) is 1.42. The molecule has 1 aliphatic rings. The van der Waals surface area contributed by atoms with Crippen LogP contribution in [0.2, 0.25) is 0 Å². The first-order chi connectivity index (χ1) is 7.94. The fraction of sp³-hybridized carbons (Fsp3) is 0.500. The number of para-hydroxylation sites is 1. The summed E-state index contributed by atoms with van der Waals surface area (Å²) in [6.45, 7) is 0.0866. The molecule has 1 saturated carbocycles. The Hall–Kier alpha value is -1.36. The molecule has 0 spiro atoms. The number of aromatic hydroxyl groups is 1. The molecule has 17 heavy (non-hydrogen) atoms. The van der Waals surface area contributed by atoms with Gasteiger partial charge in [0.15, 0.2) is 11.5 Å². The zero-order chi connectivity index (χ0) is 12.7. The van der Waals surface area contributed by atoms with Crippen LogP contribution in [-0.2, 0) is 5.41 Å². The second-order valence-corrected chi connectivity index (χ2v) is 4.55. The predicted molar refractivity (Wildman–Crippen MR) is 59.6 cm³/mol. The molecular weight excluding hydrogens is 228 g/mol. The summed E-state index contributed by atoms with van der Waals surface area (Å²) >= 11 is 0. The molecule has 0 aromatic heterocycles. The van der Waals surface area contributed by atoms with Crippen LogP contribution in [0.5, 0.6) is 11.5 Å². The second kappa shape index (κ2) is 3.84. The van der Waals surface area contributed by atoms with E-state index >= 15 is 0 Å². The zero-order valence-electron chi connectivity index (χ0n) is 9.54. The Balaban J connectivity index is 2.40. The number of ether oxygens (including phenoxy) is 1. The molecule has 0 unspecified atom stereocenters. The monoisotopic (exact) mass is 243 g/mol. The maximum atomic E-state index is 13.1. The maximum Gasteiger partial charge on any atom is 0.250 e. The van der Waals surface area contributed by atoms with Crippen molar-refractivity contribution in [1.82, 2.24) is 0 Å². The van der Waals surface area contributed by atoms with E-state index < -0.39 is 11.3 Å². The van der Waals surface area contributed by atoms with E-state index in [0.29, 0.717) is 5.56 Å². The van der Waals surface area contributed by atoms with Gasteiger partial charge in [0.1, 0.15) is 0 Å². The molecule has 1 aromatic carbocycles. The number of halogens is 2. The van der Waals surface area contributed by atoms with Gasteiger partial charge in [-0.2, -0.15) is 0 Å². The van der Waals surface area contributed by atoms with E-state index in [9.17, 15) is 13.9 Å². The van der Waals surface area contributed by atoms with Gasteiger partial charge in [-0.15, -0.1) is 0 Å². The summed E-state index contributed by atoms with van der Waals surface area (Å²) in [5, 5.41) is 9.97. The predicted octanol–water partition coefficient (Wildman–Crippen LogP) is 2.03. The molecule has 3 N–H and O–H groups in total. The SMILES string of the molecule is COc1cccc(C2(CN)CC(F)(F)C2)c1O. The van der Waals surface area contributed by atoms with Crippen molar-refractivity contribution in [2.45, 2.75) is 24.2 Å². The van der Waals surface area contributed by atoms with Crippen LogP contribution in [0.25, 0.3) is 0 Å². The molecule has 0 atom stereocenters. The largest absolute Gasteiger partial charge is 0.504 e. The first-order valence-electron chi connectivity index (χ1n) is 5.38. The lowest BCUT2D eigenvalue weighted by atomic mass is 9.62. The maximum absolute atomic E-state index is 13.1. The third kappa shape index (κ3) is 1.84. The standard InChI is InChI=1S/C12H15F2NO2/c1-17-9-4-2-3-8(10(9)16)11(7-15)5-12(13,14)6-11/h2-4,16H,5-7,15H2,1H3. The minimum Gasteiger partial charge on any atom is -0.504 e. The van der Waals surface area contributed by atoms with Crippen molar-refractivity contribution in [2.24, 2.45) is 5.73 Å². The molecule has 0 saturated heterocycles. The number of nitrogens with two attached hydrogens (primary N) is 1. The van der Waals surface area contributed by atoms with Crippen molar-refractivity contribution >= 4 is 0 Å².